The first-order valence-electron chi connectivity index (χ1n) is 11.8. The van der Waals surface area contributed by atoms with E-state index < -0.39 is 21.3 Å². The lowest BCUT2D eigenvalue weighted by Gasteiger charge is -2.32. The van der Waals surface area contributed by atoms with Crippen LogP contribution < -0.4 is 30.5 Å². The number of para-hydroxylation sites is 1. The summed E-state index contributed by atoms with van der Waals surface area (Å²) in [6.45, 7) is 1.35. The topological polar surface area (TPSA) is 155 Å². The van der Waals surface area contributed by atoms with Crippen molar-refractivity contribution in [3.05, 3.63) is 46.9 Å². The van der Waals surface area contributed by atoms with E-state index in [9.17, 15) is 18.3 Å². The highest BCUT2D eigenvalue weighted by molar-refractivity contribution is 7.92. The van der Waals surface area contributed by atoms with Crippen molar-refractivity contribution in [1.82, 2.24) is 20.6 Å². The molecule has 1 saturated heterocycles. The molecule has 2 aromatic carbocycles. The summed E-state index contributed by atoms with van der Waals surface area (Å²) < 4.78 is 43.7. The average Bonchev–Trinajstić information content (AvgIpc) is 3.28. The average molecular weight is 521 g/mol. The van der Waals surface area contributed by atoms with Crippen molar-refractivity contribution in [2.24, 2.45) is 5.92 Å². The second kappa shape index (κ2) is 11.3. The van der Waals surface area contributed by atoms with E-state index in [1.165, 1.54) is 26.4 Å². The molecule has 5 N–H and O–H groups in total. The van der Waals surface area contributed by atoms with E-state index in [1.807, 2.05) is 0 Å². The van der Waals surface area contributed by atoms with E-state index in [4.69, 9.17) is 14.2 Å². The molecule has 1 unspecified atom stereocenters. The highest BCUT2D eigenvalue weighted by Crippen LogP contribution is 2.33. The first-order chi connectivity index (χ1) is 17.3. The van der Waals surface area contributed by atoms with Gasteiger partial charge < -0.3 is 34.6 Å². The van der Waals surface area contributed by atoms with Gasteiger partial charge in [0.15, 0.2) is 21.3 Å². The number of nitrogens with one attached hydrogen (secondary N) is 4. The summed E-state index contributed by atoms with van der Waals surface area (Å²) in [5, 5.41) is 16.1. The van der Waals surface area contributed by atoms with Crippen LogP contribution >= 0.6 is 0 Å². The molecule has 0 radical (unpaired) electrons. The van der Waals surface area contributed by atoms with Gasteiger partial charge in [0.05, 0.1) is 24.6 Å². The van der Waals surface area contributed by atoms with Crippen molar-refractivity contribution in [3.8, 4) is 17.2 Å². The number of rotatable bonds is 11. The minimum atomic E-state index is -3.82. The monoisotopic (exact) mass is 520 g/mol. The quantitative estimate of drug-likeness (QED) is 0.249. The Bertz CT molecular complexity index is 1330. The summed E-state index contributed by atoms with van der Waals surface area (Å²) in [5.74, 6) is 1.04. The molecule has 12 heteroatoms. The summed E-state index contributed by atoms with van der Waals surface area (Å²) in [7, 11) is -0.873. The molecular formula is C24H32N4O7S. The number of aliphatic hydroxyl groups is 1. The minimum Gasteiger partial charge on any atom is -0.493 e. The number of sulfone groups is 1. The Labute approximate surface area is 209 Å². The van der Waals surface area contributed by atoms with Gasteiger partial charge in [-0.15, -0.1) is 0 Å². The van der Waals surface area contributed by atoms with Gasteiger partial charge in [0.2, 0.25) is 0 Å². The second-order valence-electron chi connectivity index (χ2n) is 8.70. The number of imidazole rings is 1. The normalized spacial score (nSPS) is 16.5. The number of piperidine rings is 1. The smallest absolute Gasteiger partial charge is 0.323 e. The van der Waals surface area contributed by atoms with Crippen molar-refractivity contribution in [3.63, 3.8) is 0 Å². The fraction of sp³-hybridized carbons (Fsp3) is 0.458. The summed E-state index contributed by atoms with van der Waals surface area (Å²) in [4.78, 5) is 17.0. The molecule has 1 aliphatic heterocycles. The van der Waals surface area contributed by atoms with Crippen LogP contribution in [0.5, 0.6) is 17.2 Å². The zero-order valence-electron chi connectivity index (χ0n) is 20.2. The van der Waals surface area contributed by atoms with Crippen molar-refractivity contribution < 1.29 is 27.7 Å². The third-order valence-corrected chi connectivity index (χ3v) is 8.46. The Morgan fingerprint density at radius 2 is 1.81 bits per heavy atom. The summed E-state index contributed by atoms with van der Waals surface area (Å²) in [6, 6.07) is 9.69. The van der Waals surface area contributed by atoms with Crippen molar-refractivity contribution in [2.75, 3.05) is 40.5 Å². The van der Waals surface area contributed by atoms with E-state index in [1.54, 1.807) is 24.3 Å². The third-order valence-electron chi connectivity index (χ3n) is 6.33. The van der Waals surface area contributed by atoms with Gasteiger partial charge in [-0.25, -0.2) is 13.2 Å². The minimum absolute atomic E-state index is 0.000742. The molecular weight excluding hydrogens is 488 g/mol. The number of aromatic amines is 2. The number of fused-ring (bicyclic) bond motifs is 1. The molecule has 1 aliphatic rings. The predicted octanol–water partition coefficient (Wildman–Crippen LogP) is 1.00. The Balaban J connectivity index is 1.48. The van der Waals surface area contributed by atoms with Gasteiger partial charge >= 0.3 is 5.69 Å². The van der Waals surface area contributed by atoms with E-state index in [-0.39, 0.29) is 29.7 Å². The number of benzene rings is 2. The van der Waals surface area contributed by atoms with Crippen molar-refractivity contribution in [2.45, 2.75) is 29.2 Å². The van der Waals surface area contributed by atoms with Crippen LogP contribution in [0.3, 0.4) is 0 Å². The van der Waals surface area contributed by atoms with Crippen LogP contribution in [0.25, 0.3) is 11.0 Å². The molecule has 11 nitrogen and oxygen atoms in total. The number of aromatic nitrogens is 2. The molecule has 196 valence electrons. The molecule has 2 atom stereocenters. The molecule has 0 aliphatic carbocycles. The number of methoxy groups -OCH3 is 2. The van der Waals surface area contributed by atoms with Crippen LogP contribution in [-0.2, 0) is 9.84 Å². The molecule has 4 rings (SSSR count). The summed E-state index contributed by atoms with van der Waals surface area (Å²) in [6.07, 6.45) is 0.370. The largest absolute Gasteiger partial charge is 0.493 e. The Morgan fingerprint density at radius 3 is 2.53 bits per heavy atom. The molecule has 3 aromatic rings. The van der Waals surface area contributed by atoms with E-state index in [2.05, 4.69) is 20.6 Å². The maximum Gasteiger partial charge on any atom is 0.323 e. The number of ether oxygens (including phenoxy) is 3. The summed E-state index contributed by atoms with van der Waals surface area (Å²) >= 11 is 0. The lowest BCUT2D eigenvalue weighted by Crippen LogP contribution is -2.49. The molecule has 0 amide bonds. The molecule has 1 fully saturated rings. The van der Waals surface area contributed by atoms with Crippen LogP contribution in [0.1, 0.15) is 12.8 Å². The Kier molecular flexibility index (Phi) is 8.19. The number of hydrogen-bond donors (Lipinski definition) is 5. The molecule has 0 saturated carbocycles. The number of hydrogen-bond acceptors (Lipinski definition) is 9. The first-order valence-corrected chi connectivity index (χ1v) is 13.3. The van der Waals surface area contributed by atoms with Crippen LogP contribution in [-0.4, -0.2) is 75.4 Å². The predicted molar refractivity (Wildman–Crippen MR) is 135 cm³/mol. The van der Waals surface area contributed by atoms with Gasteiger partial charge in [0.1, 0.15) is 29.4 Å². The standard InChI is InChI=1S/C24H32N4O7S/c1-33-19-7-6-17(12-21(19)34-2)36(31,32)23(15-8-10-25-11-9-15)26-13-16(29)14-35-20-5-3-4-18-22(20)28-24(30)27-18/h3-7,12,15-16,23,25-26,29H,8-11,13-14H2,1-2H3,(H2,27,28,30)/t16-,23?/m0/s1. The Morgan fingerprint density at radius 1 is 1.06 bits per heavy atom. The number of H-pyrrole nitrogens is 2. The number of aliphatic hydroxyl groups excluding tert-OH is 1. The van der Waals surface area contributed by atoms with Crippen molar-refractivity contribution in [1.29, 1.82) is 0 Å². The molecule has 1 aromatic heterocycles. The van der Waals surface area contributed by atoms with Crippen molar-refractivity contribution >= 4 is 20.9 Å². The molecule has 0 spiro atoms. The maximum atomic E-state index is 13.7. The highest BCUT2D eigenvalue weighted by atomic mass is 32.2. The molecule has 2 heterocycles. The SMILES string of the molecule is COc1ccc(S(=O)(=O)C(NC[C@H](O)COc2cccc3[nH]c(=O)[nH]c23)C2CCNCC2)cc1OC. The fourth-order valence-electron chi connectivity index (χ4n) is 4.47. The lowest BCUT2D eigenvalue weighted by molar-refractivity contribution is 0.104. The lowest BCUT2D eigenvalue weighted by atomic mass is 9.98. The molecule has 0 bridgehead atoms. The van der Waals surface area contributed by atoms with Crippen LogP contribution in [0.2, 0.25) is 0 Å². The summed E-state index contributed by atoms with van der Waals surface area (Å²) in [5.41, 5.74) is 0.747. The van der Waals surface area contributed by atoms with E-state index in [0.717, 1.165) is 13.1 Å². The van der Waals surface area contributed by atoms with Crippen LogP contribution in [0, 0.1) is 5.92 Å². The van der Waals surface area contributed by atoms with Gasteiger partial charge in [0, 0.05) is 12.6 Å². The maximum absolute atomic E-state index is 13.7. The van der Waals surface area contributed by atoms with E-state index in [0.29, 0.717) is 41.1 Å². The highest BCUT2D eigenvalue weighted by Gasteiger charge is 2.36. The van der Waals surface area contributed by atoms with Gasteiger partial charge in [-0.1, -0.05) is 6.07 Å². The van der Waals surface area contributed by atoms with Gasteiger partial charge in [-0.2, -0.15) is 0 Å². The van der Waals surface area contributed by atoms with Gasteiger partial charge in [0.25, 0.3) is 0 Å². The molecule has 36 heavy (non-hydrogen) atoms. The zero-order valence-corrected chi connectivity index (χ0v) is 21.1. The Hall–Kier alpha value is -3.06. The zero-order chi connectivity index (χ0) is 25.7. The van der Waals surface area contributed by atoms with Crippen LogP contribution in [0.4, 0.5) is 0 Å². The van der Waals surface area contributed by atoms with Crippen LogP contribution in [0.15, 0.2) is 46.1 Å². The second-order valence-corrected chi connectivity index (χ2v) is 10.8. The fourth-order valence-corrected chi connectivity index (χ4v) is 6.38. The van der Waals surface area contributed by atoms with E-state index >= 15 is 0 Å². The van der Waals surface area contributed by atoms with Gasteiger partial charge in [-0.05, 0) is 56.1 Å². The first kappa shape index (κ1) is 26.0. The van der Waals surface area contributed by atoms with Gasteiger partial charge in [-0.3, -0.25) is 5.32 Å². The third kappa shape index (κ3) is 5.67.